The highest BCUT2D eigenvalue weighted by Crippen LogP contribution is 2.32. The Morgan fingerprint density at radius 2 is 1.84 bits per heavy atom. The molecule has 0 aliphatic carbocycles. The smallest absolute Gasteiger partial charge is 0.256 e. The van der Waals surface area contributed by atoms with Crippen LogP contribution in [-0.2, 0) is 11.3 Å². The van der Waals surface area contributed by atoms with Crippen molar-refractivity contribution in [2.45, 2.75) is 6.54 Å². The van der Waals surface area contributed by atoms with Gasteiger partial charge >= 0.3 is 0 Å². The number of amides is 1. The van der Waals surface area contributed by atoms with Crippen molar-refractivity contribution in [2.75, 3.05) is 38.0 Å². The molecular weight excluding hydrogens is 415 g/mol. The first kappa shape index (κ1) is 20.2. The minimum atomic E-state index is -0.332. The van der Waals surface area contributed by atoms with Crippen LogP contribution >= 0.6 is 0 Å². The second kappa shape index (κ2) is 8.80. The summed E-state index contributed by atoms with van der Waals surface area (Å²) in [5.41, 5.74) is 1.94. The SMILES string of the molecule is O=C(NCc1ccc2c(c1)OCO2)c1cnc(-c2ccc(F)cc2)nc1N1CCOCC1. The first-order chi connectivity index (χ1) is 15.7. The third-order valence-corrected chi connectivity index (χ3v) is 5.32. The van der Waals surface area contributed by atoms with Crippen LogP contribution in [0.2, 0.25) is 0 Å². The molecule has 1 amide bonds. The predicted octanol–water partition coefficient (Wildman–Crippen LogP) is 2.78. The van der Waals surface area contributed by atoms with Crippen LogP contribution in [0.4, 0.5) is 10.2 Å². The van der Waals surface area contributed by atoms with E-state index in [2.05, 4.69) is 15.3 Å². The van der Waals surface area contributed by atoms with Crippen LogP contribution in [0.1, 0.15) is 15.9 Å². The Morgan fingerprint density at radius 1 is 1.06 bits per heavy atom. The maximum absolute atomic E-state index is 13.3. The second-order valence-electron chi connectivity index (χ2n) is 7.41. The van der Waals surface area contributed by atoms with Crippen LogP contribution < -0.4 is 19.7 Å². The van der Waals surface area contributed by atoms with Crippen LogP contribution in [0.25, 0.3) is 11.4 Å². The lowest BCUT2D eigenvalue weighted by Gasteiger charge is -2.29. The predicted molar refractivity (Wildman–Crippen MR) is 114 cm³/mol. The number of ether oxygens (including phenoxy) is 3. The van der Waals surface area contributed by atoms with Gasteiger partial charge in [-0.05, 0) is 42.0 Å². The number of morpholine rings is 1. The molecule has 0 spiro atoms. The van der Waals surface area contributed by atoms with Gasteiger partial charge < -0.3 is 24.4 Å². The van der Waals surface area contributed by atoms with Crippen LogP contribution in [-0.4, -0.2) is 49.0 Å². The summed E-state index contributed by atoms with van der Waals surface area (Å²) in [5, 5.41) is 2.93. The summed E-state index contributed by atoms with van der Waals surface area (Å²) >= 11 is 0. The molecule has 0 unspecified atom stereocenters. The Bertz CT molecular complexity index is 1130. The summed E-state index contributed by atoms with van der Waals surface area (Å²) in [6.07, 6.45) is 1.52. The first-order valence-electron chi connectivity index (χ1n) is 10.3. The van der Waals surface area contributed by atoms with Crippen LogP contribution in [0.3, 0.4) is 0 Å². The molecule has 8 nitrogen and oxygen atoms in total. The molecule has 9 heteroatoms. The lowest BCUT2D eigenvalue weighted by Crippen LogP contribution is -2.38. The van der Waals surface area contributed by atoms with E-state index < -0.39 is 0 Å². The van der Waals surface area contributed by atoms with Crippen molar-refractivity contribution in [3.63, 3.8) is 0 Å². The third-order valence-electron chi connectivity index (χ3n) is 5.32. The van der Waals surface area contributed by atoms with E-state index in [1.54, 1.807) is 12.1 Å². The van der Waals surface area contributed by atoms with Gasteiger partial charge in [0.1, 0.15) is 17.2 Å². The van der Waals surface area contributed by atoms with E-state index in [1.165, 1.54) is 18.3 Å². The van der Waals surface area contributed by atoms with E-state index in [4.69, 9.17) is 14.2 Å². The number of hydrogen-bond acceptors (Lipinski definition) is 7. The Labute approximate surface area is 184 Å². The molecule has 1 aromatic heterocycles. The number of anilines is 1. The molecule has 0 bridgehead atoms. The largest absolute Gasteiger partial charge is 0.454 e. The number of rotatable bonds is 5. The standard InChI is InChI=1S/C23H21FN4O4/c24-17-4-2-16(3-5-17)21-25-13-18(22(27-21)28-7-9-30-10-8-28)23(29)26-12-15-1-6-19-20(11-15)32-14-31-19/h1-6,11,13H,7-10,12,14H2,(H,26,29). The number of benzene rings is 2. The molecule has 1 saturated heterocycles. The Hall–Kier alpha value is -3.72. The fourth-order valence-electron chi connectivity index (χ4n) is 3.62. The summed E-state index contributed by atoms with van der Waals surface area (Å²) in [4.78, 5) is 24.1. The van der Waals surface area contributed by atoms with Crippen LogP contribution in [0.15, 0.2) is 48.7 Å². The molecule has 2 aromatic carbocycles. The molecule has 164 valence electrons. The highest BCUT2D eigenvalue weighted by atomic mass is 19.1. The van der Waals surface area contributed by atoms with Crippen LogP contribution in [0, 0.1) is 5.82 Å². The van der Waals surface area contributed by atoms with Crippen molar-refractivity contribution in [2.24, 2.45) is 0 Å². The number of aromatic nitrogens is 2. The normalized spacial score (nSPS) is 15.0. The molecule has 1 fully saturated rings. The minimum absolute atomic E-state index is 0.200. The number of nitrogens with zero attached hydrogens (tertiary/aromatic N) is 3. The summed E-state index contributed by atoms with van der Waals surface area (Å²) < 4.78 is 29.5. The van der Waals surface area contributed by atoms with Gasteiger partial charge in [-0.15, -0.1) is 0 Å². The van der Waals surface area contributed by atoms with Gasteiger partial charge in [0.2, 0.25) is 6.79 Å². The number of nitrogens with one attached hydrogen (secondary N) is 1. The van der Waals surface area contributed by atoms with E-state index in [0.717, 1.165) is 5.56 Å². The molecule has 0 saturated carbocycles. The van der Waals surface area contributed by atoms with E-state index in [-0.39, 0.29) is 18.5 Å². The monoisotopic (exact) mass is 436 g/mol. The number of carbonyl (C=O) groups excluding carboxylic acids is 1. The van der Waals surface area contributed by atoms with E-state index in [0.29, 0.717) is 67.1 Å². The van der Waals surface area contributed by atoms with Gasteiger partial charge in [-0.3, -0.25) is 4.79 Å². The fourth-order valence-corrected chi connectivity index (χ4v) is 3.62. The highest BCUT2D eigenvalue weighted by molar-refractivity contribution is 5.99. The zero-order valence-corrected chi connectivity index (χ0v) is 17.2. The number of halogens is 1. The fraction of sp³-hybridized carbons (Fsp3) is 0.261. The summed E-state index contributed by atoms with van der Waals surface area (Å²) in [5.74, 6) is 1.71. The van der Waals surface area contributed by atoms with E-state index in [1.807, 2.05) is 23.1 Å². The van der Waals surface area contributed by atoms with Crippen molar-refractivity contribution in [3.05, 3.63) is 65.6 Å². The summed E-state index contributed by atoms with van der Waals surface area (Å²) in [6, 6.07) is 11.5. The zero-order chi connectivity index (χ0) is 21.9. The van der Waals surface area contributed by atoms with Gasteiger partial charge in [0, 0.05) is 31.4 Å². The van der Waals surface area contributed by atoms with Crippen molar-refractivity contribution in [1.29, 1.82) is 0 Å². The molecule has 1 N–H and O–H groups in total. The van der Waals surface area contributed by atoms with Gasteiger partial charge in [-0.2, -0.15) is 0 Å². The van der Waals surface area contributed by atoms with Crippen LogP contribution in [0.5, 0.6) is 11.5 Å². The lowest BCUT2D eigenvalue weighted by molar-refractivity contribution is 0.0948. The molecule has 0 radical (unpaired) electrons. The van der Waals surface area contributed by atoms with Gasteiger partial charge in [-0.25, -0.2) is 14.4 Å². The van der Waals surface area contributed by atoms with E-state index >= 15 is 0 Å². The van der Waals surface area contributed by atoms with Crippen molar-refractivity contribution in [1.82, 2.24) is 15.3 Å². The van der Waals surface area contributed by atoms with Crippen molar-refractivity contribution < 1.29 is 23.4 Å². The summed E-state index contributed by atoms with van der Waals surface area (Å²) in [6.45, 7) is 2.84. The van der Waals surface area contributed by atoms with Gasteiger partial charge in [0.05, 0.1) is 13.2 Å². The third kappa shape index (κ3) is 4.19. The quantitative estimate of drug-likeness (QED) is 0.658. The number of hydrogen-bond donors (Lipinski definition) is 1. The lowest BCUT2D eigenvalue weighted by atomic mass is 10.1. The molecule has 3 aromatic rings. The average molecular weight is 436 g/mol. The number of carbonyl (C=O) groups is 1. The highest BCUT2D eigenvalue weighted by Gasteiger charge is 2.22. The van der Waals surface area contributed by atoms with Gasteiger partial charge in [-0.1, -0.05) is 6.07 Å². The molecule has 2 aliphatic heterocycles. The maximum Gasteiger partial charge on any atom is 0.256 e. The second-order valence-corrected chi connectivity index (χ2v) is 7.41. The topological polar surface area (TPSA) is 85.8 Å². The van der Waals surface area contributed by atoms with Crippen molar-refractivity contribution in [3.8, 4) is 22.9 Å². The molecular formula is C23H21FN4O4. The zero-order valence-electron chi connectivity index (χ0n) is 17.2. The van der Waals surface area contributed by atoms with Gasteiger partial charge in [0.15, 0.2) is 17.3 Å². The first-order valence-corrected chi connectivity index (χ1v) is 10.3. The molecule has 3 heterocycles. The van der Waals surface area contributed by atoms with E-state index in [9.17, 15) is 9.18 Å². The average Bonchev–Trinajstić information content (AvgIpc) is 3.31. The van der Waals surface area contributed by atoms with Crippen molar-refractivity contribution >= 4 is 11.7 Å². The molecule has 32 heavy (non-hydrogen) atoms. The summed E-state index contributed by atoms with van der Waals surface area (Å²) in [7, 11) is 0. The number of fused-ring (bicyclic) bond motifs is 1. The minimum Gasteiger partial charge on any atom is -0.454 e. The Morgan fingerprint density at radius 3 is 2.66 bits per heavy atom. The maximum atomic E-state index is 13.3. The Kier molecular flexibility index (Phi) is 5.55. The molecule has 0 atom stereocenters. The Balaban J connectivity index is 1.39. The van der Waals surface area contributed by atoms with Gasteiger partial charge in [0.25, 0.3) is 5.91 Å². The molecule has 2 aliphatic rings. The molecule has 5 rings (SSSR count).